The number of nitrogens with two attached hydrogens (primary N) is 1. The standard InChI is InChI=1S/C25H42N2O19/c1-7(31)27(8(2)32)24(23(22(41)42)3-9(33)13(26)19(46-23)14(35)10(34)4-28)20(40)16(37)12(6-30)45-25(24,43)21-18(39)17(38)15(36)11(5-29)44-21/h9-21,28-30,33-40,43H,3-6,26H2,1-2H3,(H,41,42)/t9-,10+,11+,12+,13+,14+,15-,16+,17-,18+,19+,20-,21?,23?,24-,25?/m0/s1. The number of hydrogen-bond donors (Lipinski definition) is 14. The molecule has 0 radical (unpaired) electrons. The first-order chi connectivity index (χ1) is 21.3. The molecular formula is C25H42N2O19. The summed E-state index contributed by atoms with van der Waals surface area (Å²) < 4.78 is 16.7. The van der Waals surface area contributed by atoms with Crippen LogP contribution in [-0.2, 0) is 28.6 Å². The average Bonchev–Trinajstić information content (AvgIpc) is 2.99. The summed E-state index contributed by atoms with van der Waals surface area (Å²) in [6, 6.07) is -1.82. The number of aliphatic hydroxyl groups is 12. The summed E-state index contributed by atoms with van der Waals surface area (Å²) in [6.07, 6.45) is -29.8. The molecule has 3 unspecified atom stereocenters. The van der Waals surface area contributed by atoms with Crippen LogP contribution in [0.25, 0.3) is 0 Å². The predicted octanol–water partition coefficient (Wildman–Crippen LogP) is -9.22. The van der Waals surface area contributed by atoms with Crippen molar-refractivity contribution in [3.8, 4) is 0 Å². The summed E-state index contributed by atoms with van der Waals surface area (Å²) in [5, 5.41) is 140. The van der Waals surface area contributed by atoms with Crippen LogP contribution in [0.4, 0.5) is 0 Å². The summed E-state index contributed by atoms with van der Waals surface area (Å²) in [5.74, 6) is -9.33. The maximum atomic E-state index is 13.5. The van der Waals surface area contributed by atoms with Crippen molar-refractivity contribution in [1.82, 2.24) is 4.90 Å². The van der Waals surface area contributed by atoms with E-state index in [4.69, 9.17) is 19.9 Å². The van der Waals surface area contributed by atoms with E-state index in [1.807, 2.05) is 0 Å². The van der Waals surface area contributed by atoms with Gasteiger partial charge in [-0.3, -0.25) is 14.5 Å². The van der Waals surface area contributed by atoms with Gasteiger partial charge in [0.1, 0.15) is 67.1 Å². The van der Waals surface area contributed by atoms with Gasteiger partial charge in [0.25, 0.3) is 0 Å². The van der Waals surface area contributed by atoms with E-state index in [0.717, 1.165) is 0 Å². The normalized spacial score (nSPS) is 46.3. The lowest BCUT2D eigenvalue weighted by Crippen LogP contribution is -2.93. The minimum Gasteiger partial charge on any atom is -0.479 e. The molecule has 3 saturated heterocycles. The van der Waals surface area contributed by atoms with Gasteiger partial charge in [-0.25, -0.2) is 4.79 Å². The Bertz CT molecular complexity index is 1120. The lowest BCUT2D eigenvalue weighted by atomic mass is 9.58. The number of amides is 2. The number of aliphatic hydroxyl groups excluding tert-OH is 11. The molecule has 3 heterocycles. The molecule has 0 spiro atoms. The highest BCUT2D eigenvalue weighted by atomic mass is 16.7. The second kappa shape index (κ2) is 13.8. The maximum absolute atomic E-state index is 13.5. The van der Waals surface area contributed by atoms with Crippen LogP contribution in [-0.4, -0.2) is 205 Å². The SMILES string of the molecule is CC(=O)N(C(C)=O)[C@]1(C2(C(=O)O)C[C@H](O)[C@@H](N)[C@H]([C@H](O)[C@H](O)CO)O2)[C@@H](O)[C@H](O)[C@@H](CO)OC1(O)C1O[C@H](CO)[C@H](O)[C@H](O)[C@H]1O. The zero-order chi connectivity index (χ0) is 35.3. The van der Waals surface area contributed by atoms with E-state index in [1.54, 1.807) is 0 Å². The maximum Gasteiger partial charge on any atom is 0.338 e. The van der Waals surface area contributed by atoms with Gasteiger partial charge in [-0.1, -0.05) is 0 Å². The highest BCUT2D eigenvalue weighted by Gasteiger charge is 2.84. The third kappa shape index (κ3) is 5.52. The van der Waals surface area contributed by atoms with Gasteiger partial charge in [0.15, 0.2) is 11.1 Å². The first kappa shape index (κ1) is 38.4. The largest absolute Gasteiger partial charge is 0.479 e. The Morgan fingerprint density at radius 3 is 1.87 bits per heavy atom. The van der Waals surface area contributed by atoms with Gasteiger partial charge in [-0.15, -0.1) is 0 Å². The number of rotatable bonds is 9. The molecule has 2 amide bonds. The molecule has 0 aromatic rings. The van der Waals surface area contributed by atoms with Crippen LogP contribution in [0.1, 0.15) is 20.3 Å². The summed E-state index contributed by atoms with van der Waals surface area (Å²) in [7, 11) is 0. The van der Waals surface area contributed by atoms with Crippen molar-refractivity contribution in [2.75, 3.05) is 19.8 Å². The highest BCUT2D eigenvalue weighted by Crippen LogP contribution is 2.56. The quantitative estimate of drug-likeness (QED) is 0.108. The molecule has 0 saturated carbocycles. The van der Waals surface area contributed by atoms with E-state index in [-0.39, 0.29) is 4.90 Å². The fourth-order valence-corrected chi connectivity index (χ4v) is 6.81. The van der Waals surface area contributed by atoms with E-state index in [0.29, 0.717) is 13.8 Å². The summed E-state index contributed by atoms with van der Waals surface area (Å²) >= 11 is 0. The van der Waals surface area contributed by atoms with Crippen molar-refractivity contribution in [3.63, 3.8) is 0 Å². The number of carbonyl (C=O) groups excluding carboxylic acids is 2. The molecule has 15 N–H and O–H groups in total. The van der Waals surface area contributed by atoms with Crippen LogP contribution in [0.3, 0.4) is 0 Å². The van der Waals surface area contributed by atoms with Crippen LogP contribution < -0.4 is 5.73 Å². The number of carboxylic acid groups (broad SMARTS) is 1. The lowest BCUT2D eigenvalue weighted by Gasteiger charge is -2.67. The first-order valence-electron chi connectivity index (χ1n) is 14.1. The third-order valence-electron chi connectivity index (χ3n) is 8.99. The van der Waals surface area contributed by atoms with E-state index < -0.39 is 140 Å². The number of aliphatic carboxylic acids is 1. The molecule has 46 heavy (non-hydrogen) atoms. The molecule has 16 atom stereocenters. The third-order valence-corrected chi connectivity index (χ3v) is 8.99. The minimum absolute atomic E-state index is 0.153. The van der Waals surface area contributed by atoms with E-state index >= 15 is 0 Å². The number of imide groups is 1. The molecule has 3 rings (SSSR count). The second-order valence-electron chi connectivity index (χ2n) is 11.7. The van der Waals surface area contributed by atoms with E-state index in [1.165, 1.54) is 0 Å². The number of carboxylic acids is 1. The van der Waals surface area contributed by atoms with Gasteiger partial charge in [-0.05, 0) is 0 Å². The zero-order valence-corrected chi connectivity index (χ0v) is 24.6. The van der Waals surface area contributed by atoms with Gasteiger partial charge in [0.2, 0.25) is 17.6 Å². The van der Waals surface area contributed by atoms with Gasteiger partial charge in [0, 0.05) is 20.3 Å². The van der Waals surface area contributed by atoms with Crippen molar-refractivity contribution in [1.29, 1.82) is 0 Å². The molecule has 3 aliphatic heterocycles. The van der Waals surface area contributed by atoms with Crippen LogP contribution in [0.2, 0.25) is 0 Å². The number of ether oxygens (including phenoxy) is 3. The topological polar surface area (TPSA) is 371 Å². The highest BCUT2D eigenvalue weighted by molar-refractivity contribution is 5.96. The predicted molar refractivity (Wildman–Crippen MR) is 142 cm³/mol. The summed E-state index contributed by atoms with van der Waals surface area (Å²) in [5.41, 5.74) is -1.63. The zero-order valence-electron chi connectivity index (χ0n) is 24.6. The van der Waals surface area contributed by atoms with Gasteiger partial charge >= 0.3 is 5.97 Å². The van der Waals surface area contributed by atoms with Crippen LogP contribution in [0.5, 0.6) is 0 Å². The lowest BCUT2D eigenvalue weighted by molar-refractivity contribution is -0.442. The smallest absolute Gasteiger partial charge is 0.338 e. The van der Waals surface area contributed by atoms with E-state index in [2.05, 4.69) is 0 Å². The molecule has 0 aliphatic carbocycles. The number of carbonyl (C=O) groups is 3. The molecule has 3 fully saturated rings. The minimum atomic E-state index is -3.96. The van der Waals surface area contributed by atoms with Crippen molar-refractivity contribution >= 4 is 17.8 Å². The van der Waals surface area contributed by atoms with Crippen LogP contribution >= 0.6 is 0 Å². The molecule has 3 aliphatic rings. The number of hydrogen-bond acceptors (Lipinski definition) is 19. The molecule has 0 aromatic carbocycles. The van der Waals surface area contributed by atoms with Gasteiger partial charge < -0.3 is 86.3 Å². The van der Waals surface area contributed by atoms with Crippen LogP contribution in [0, 0.1) is 0 Å². The van der Waals surface area contributed by atoms with Crippen molar-refractivity contribution in [2.45, 2.75) is 116 Å². The van der Waals surface area contributed by atoms with Crippen molar-refractivity contribution in [3.05, 3.63) is 0 Å². The molecule has 0 aromatic heterocycles. The summed E-state index contributed by atoms with van der Waals surface area (Å²) in [6.45, 7) is -2.37. The van der Waals surface area contributed by atoms with Crippen LogP contribution in [0.15, 0.2) is 0 Å². The second-order valence-corrected chi connectivity index (χ2v) is 11.7. The van der Waals surface area contributed by atoms with Crippen molar-refractivity contribution < 1.29 is 95.0 Å². The Kier molecular flexibility index (Phi) is 11.6. The number of nitrogens with zero attached hydrogens (tertiary/aromatic N) is 1. The Morgan fingerprint density at radius 1 is 0.870 bits per heavy atom. The Morgan fingerprint density at radius 2 is 1.41 bits per heavy atom. The fraction of sp³-hybridized carbons (Fsp3) is 0.880. The fourth-order valence-electron chi connectivity index (χ4n) is 6.81. The van der Waals surface area contributed by atoms with Gasteiger partial charge in [-0.2, -0.15) is 0 Å². The van der Waals surface area contributed by atoms with Crippen molar-refractivity contribution in [2.24, 2.45) is 5.73 Å². The monoisotopic (exact) mass is 674 g/mol. The van der Waals surface area contributed by atoms with E-state index in [9.17, 15) is 80.8 Å². The Labute approximate surface area is 260 Å². The molecular weight excluding hydrogens is 632 g/mol. The molecule has 0 bridgehead atoms. The summed E-state index contributed by atoms with van der Waals surface area (Å²) in [4.78, 5) is 40.0. The molecule has 21 heteroatoms. The average molecular weight is 675 g/mol. The molecule has 21 nitrogen and oxygen atoms in total. The Hall–Kier alpha value is -2.03. The van der Waals surface area contributed by atoms with Gasteiger partial charge in [0.05, 0.1) is 32.0 Å². The molecule has 266 valence electrons. The Balaban J connectivity index is 2.57. The first-order valence-corrected chi connectivity index (χ1v) is 14.1.